The third kappa shape index (κ3) is 44.8. The van der Waals surface area contributed by atoms with Crippen molar-refractivity contribution in [3.63, 3.8) is 0 Å². The number of aliphatic hydroxyl groups is 1. The lowest BCUT2D eigenvalue weighted by molar-refractivity contribution is -0.161. The molecule has 0 radical (unpaired) electrons. The molecule has 0 aromatic rings. The number of hydrogen-bond acceptors (Lipinski definition) is 10. The normalized spacial score (nSPS) is 12.8. The van der Waals surface area contributed by atoms with E-state index in [0.717, 1.165) is 154 Å². The molecule has 0 aliphatic heterocycles. The molecule has 0 atom stereocenters. The van der Waals surface area contributed by atoms with Gasteiger partial charge >= 0.3 is 11.9 Å². The monoisotopic (exact) mass is 962 g/mol. The van der Waals surface area contributed by atoms with Crippen LogP contribution < -0.4 is 0 Å². The molecule has 10 nitrogen and oxygen atoms in total. The van der Waals surface area contributed by atoms with Crippen LogP contribution >= 0.6 is 0 Å². The van der Waals surface area contributed by atoms with Gasteiger partial charge in [-0.25, -0.2) is 0 Å². The number of allylic oxidation sites excluding steroid dienone is 8. The van der Waals surface area contributed by atoms with E-state index in [9.17, 15) is 14.7 Å². The Labute approximate surface area is 418 Å². The highest BCUT2D eigenvalue weighted by atomic mass is 16.7. The Bertz CT molecular complexity index is 1120. The van der Waals surface area contributed by atoms with E-state index in [-0.39, 0.29) is 42.2 Å². The zero-order valence-electron chi connectivity index (χ0n) is 45.4. The third-order valence-electron chi connectivity index (χ3n) is 11.9. The number of rotatable bonds is 50. The molecule has 68 heavy (non-hydrogen) atoms. The van der Waals surface area contributed by atoms with E-state index in [4.69, 9.17) is 28.4 Å². The van der Waals surface area contributed by atoms with Crippen molar-refractivity contribution >= 4 is 11.9 Å². The lowest BCUT2D eigenvalue weighted by Gasteiger charge is -2.27. The molecule has 0 saturated heterocycles. The molecule has 0 unspecified atom stereocenters. The molecule has 1 N–H and O–H groups in total. The number of carbonyl (C=O) groups excluding carboxylic acids is 2. The van der Waals surface area contributed by atoms with Gasteiger partial charge < -0.3 is 38.4 Å². The number of aliphatic hydroxyl groups excluding tert-OH is 1. The second-order valence-corrected chi connectivity index (χ2v) is 20.1. The molecule has 0 heterocycles. The quantitative estimate of drug-likeness (QED) is 0.0274. The summed E-state index contributed by atoms with van der Waals surface area (Å²) in [7, 11) is 0. The maximum atomic E-state index is 12.9. The van der Waals surface area contributed by atoms with Gasteiger partial charge in [-0.05, 0) is 152 Å². The second kappa shape index (κ2) is 47.0. The van der Waals surface area contributed by atoms with Crippen molar-refractivity contribution in [2.75, 3.05) is 65.9 Å². The first kappa shape index (κ1) is 65.7. The predicted molar refractivity (Wildman–Crippen MR) is 284 cm³/mol. The molecule has 0 fully saturated rings. The van der Waals surface area contributed by atoms with Gasteiger partial charge in [0, 0.05) is 45.8 Å². The van der Waals surface area contributed by atoms with E-state index in [1.54, 1.807) is 0 Å². The van der Waals surface area contributed by atoms with Gasteiger partial charge in [0.05, 0.1) is 32.7 Å². The molecule has 0 aromatic carbocycles. The van der Waals surface area contributed by atoms with Crippen LogP contribution in [0.3, 0.4) is 0 Å². The van der Waals surface area contributed by atoms with E-state index >= 15 is 0 Å². The summed E-state index contributed by atoms with van der Waals surface area (Å²) in [4.78, 5) is 28.1. The van der Waals surface area contributed by atoms with Crippen LogP contribution in [-0.2, 0) is 38.0 Å². The fourth-order valence-corrected chi connectivity index (χ4v) is 7.55. The summed E-state index contributed by atoms with van der Waals surface area (Å²) in [5, 5.41) is 9.79. The van der Waals surface area contributed by atoms with E-state index in [2.05, 4.69) is 109 Å². The van der Waals surface area contributed by atoms with Crippen molar-refractivity contribution in [1.29, 1.82) is 0 Å². The fourth-order valence-electron chi connectivity index (χ4n) is 7.55. The first-order valence-electron chi connectivity index (χ1n) is 27.6. The maximum absolute atomic E-state index is 12.9. The van der Waals surface area contributed by atoms with Gasteiger partial charge in [-0.15, -0.1) is 0 Å². The molecule has 0 aliphatic carbocycles. The zero-order valence-corrected chi connectivity index (χ0v) is 45.4. The van der Waals surface area contributed by atoms with Gasteiger partial charge in [-0.1, -0.05) is 117 Å². The van der Waals surface area contributed by atoms with E-state index in [1.165, 1.54) is 0 Å². The topological polar surface area (TPSA) is 113 Å². The fraction of sp³-hybridized carbons (Fsp3) is 0.828. The molecule has 0 rings (SSSR count). The Kier molecular flexibility index (Phi) is 45.4. The van der Waals surface area contributed by atoms with Crippen molar-refractivity contribution in [2.45, 2.75) is 235 Å². The summed E-state index contributed by atoms with van der Waals surface area (Å²) in [6.07, 6.45) is 41.2. The molecule has 0 aromatic heterocycles. The smallest absolute Gasteiger partial charge is 0.305 e. The van der Waals surface area contributed by atoms with Gasteiger partial charge in [-0.3, -0.25) is 9.59 Å². The molecule has 0 amide bonds. The molecule has 398 valence electrons. The van der Waals surface area contributed by atoms with Crippen LogP contribution in [0.2, 0.25) is 0 Å². The first-order valence-corrected chi connectivity index (χ1v) is 27.6. The Balaban J connectivity index is 4.63. The highest BCUT2D eigenvalue weighted by molar-refractivity contribution is 5.69. The predicted octanol–water partition coefficient (Wildman–Crippen LogP) is 14.6. The molecule has 0 saturated carbocycles. The number of carbonyl (C=O) groups is 2. The Hall–Kier alpha value is -2.34. The van der Waals surface area contributed by atoms with Gasteiger partial charge in [0.1, 0.15) is 0 Å². The lowest BCUT2D eigenvalue weighted by atomic mass is 9.88. The second-order valence-electron chi connectivity index (χ2n) is 20.1. The van der Waals surface area contributed by atoms with Gasteiger partial charge in [0.25, 0.3) is 0 Å². The number of nitrogens with zero attached hydrogens (tertiary/aromatic N) is 1. The van der Waals surface area contributed by atoms with Crippen molar-refractivity contribution in [1.82, 2.24) is 4.90 Å². The van der Waals surface area contributed by atoms with E-state index < -0.39 is 12.6 Å². The Morgan fingerprint density at radius 2 is 0.779 bits per heavy atom. The van der Waals surface area contributed by atoms with Crippen LogP contribution in [0.1, 0.15) is 222 Å². The number of unbranched alkanes of at least 4 members (excludes halogenated alkanes) is 10. The van der Waals surface area contributed by atoms with Gasteiger partial charge in [0.2, 0.25) is 0 Å². The Morgan fingerprint density at radius 3 is 1.07 bits per heavy atom. The van der Waals surface area contributed by atoms with E-state index in [0.29, 0.717) is 59.0 Å². The average Bonchev–Trinajstić information content (AvgIpc) is 3.32. The summed E-state index contributed by atoms with van der Waals surface area (Å²) < 4.78 is 35.9. The number of esters is 2. The lowest BCUT2D eigenvalue weighted by Crippen LogP contribution is -2.30. The molecule has 0 aliphatic rings. The minimum Gasteiger partial charge on any atom is -0.465 e. The minimum absolute atomic E-state index is 0.128. The summed E-state index contributed by atoms with van der Waals surface area (Å²) in [5.41, 5.74) is -0.255. The zero-order chi connectivity index (χ0) is 50.2. The van der Waals surface area contributed by atoms with E-state index in [1.807, 2.05) is 0 Å². The highest BCUT2D eigenvalue weighted by Gasteiger charge is 2.23. The standard InChI is InChI=1S/C58H107NO9/c1-9-13-17-21-25-33-47-63-55(64-48-34-26-22-18-14-10-2)39-37-53(61)67-51-57(5,6)41-29-31-43-59(45-46-60)44-32-30-42-58(7,8)52-68-54(62)38-40-56(65-49-35-27-23-19-15-11-3)66-50-36-28-24-20-16-12-4/h13-20,55-56,60H,9-12,21-52H2,1-8H3/b17-13-,18-14-,19-15-,20-16-. The highest BCUT2D eigenvalue weighted by Crippen LogP contribution is 2.26. The van der Waals surface area contributed by atoms with Crippen molar-refractivity contribution in [3.05, 3.63) is 48.6 Å². The number of hydrogen-bond donors (Lipinski definition) is 1. The average molecular weight is 962 g/mol. The SMILES string of the molecule is CC/C=C\CCCCOC(CCC(=O)OCC(C)(C)CCCCN(CCO)CCCCC(C)(C)COC(=O)CCC(OCCCC/C=C\CC)OCCCC/C=C\CC)OCCCC/C=C\CC. The summed E-state index contributed by atoms with van der Waals surface area (Å²) in [6, 6.07) is 0. The largest absolute Gasteiger partial charge is 0.465 e. The number of ether oxygens (including phenoxy) is 6. The molecule has 10 heteroatoms. The van der Waals surface area contributed by atoms with Crippen LogP contribution in [0.25, 0.3) is 0 Å². The van der Waals surface area contributed by atoms with Crippen LogP contribution in [0.15, 0.2) is 48.6 Å². The van der Waals surface area contributed by atoms with Crippen molar-refractivity contribution in [2.24, 2.45) is 10.8 Å². The molecular formula is C58H107NO9. The summed E-state index contributed by atoms with van der Waals surface area (Å²) >= 11 is 0. The first-order chi connectivity index (χ1) is 32.9. The van der Waals surface area contributed by atoms with Gasteiger partial charge in [-0.2, -0.15) is 0 Å². The van der Waals surface area contributed by atoms with Crippen molar-refractivity contribution in [3.8, 4) is 0 Å². The van der Waals surface area contributed by atoms with Crippen LogP contribution in [0.5, 0.6) is 0 Å². The van der Waals surface area contributed by atoms with Crippen LogP contribution in [-0.4, -0.2) is 100 Å². The summed E-state index contributed by atoms with van der Waals surface area (Å²) in [5.74, 6) is -0.400. The summed E-state index contributed by atoms with van der Waals surface area (Å²) in [6.45, 7) is 23.2. The molecular weight excluding hydrogens is 855 g/mol. The van der Waals surface area contributed by atoms with Crippen molar-refractivity contribution < 1.29 is 43.1 Å². The maximum Gasteiger partial charge on any atom is 0.305 e. The minimum atomic E-state index is -0.391. The van der Waals surface area contributed by atoms with Crippen LogP contribution in [0, 0.1) is 10.8 Å². The van der Waals surface area contributed by atoms with Crippen LogP contribution in [0.4, 0.5) is 0 Å². The third-order valence-corrected chi connectivity index (χ3v) is 11.9. The molecule has 0 bridgehead atoms. The Morgan fingerprint density at radius 1 is 0.456 bits per heavy atom. The van der Waals surface area contributed by atoms with Gasteiger partial charge in [0.15, 0.2) is 12.6 Å². The molecule has 0 spiro atoms.